The number of hydrogen-bond donors (Lipinski definition) is 3. The number of rotatable bonds is 7. The second-order valence-corrected chi connectivity index (χ2v) is 7.12. The van der Waals surface area contributed by atoms with Crippen molar-refractivity contribution in [2.45, 2.75) is 0 Å². The van der Waals surface area contributed by atoms with E-state index in [4.69, 9.17) is 22.1 Å². The molecule has 2 heterocycles. The normalized spacial score (nSPS) is 10.8. The standard InChI is InChI=1S/C22H21ClN6O2/c1-31-19-7-4-15(12-17(19)23)18-13-27-21-20(25-10-11-29(18)21)28-16-5-2-14(3-6-16)22(30)26-9-8-24/h2-7,10-13H,8-9,24H2,1H3,(H,25,28)(H,26,30). The van der Waals surface area contributed by atoms with Crippen LogP contribution in [0.25, 0.3) is 16.9 Å². The number of carbonyl (C=O) groups is 1. The average molecular weight is 437 g/mol. The van der Waals surface area contributed by atoms with Gasteiger partial charge in [0.05, 0.1) is 24.0 Å². The fourth-order valence-electron chi connectivity index (χ4n) is 3.18. The number of ether oxygens (including phenoxy) is 1. The minimum absolute atomic E-state index is 0.159. The molecule has 158 valence electrons. The van der Waals surface area contributed by atoms with Crippen molar-refractivity contribution in [3.05, 3.63) is 71.6 Å². The number of fused-ring (bicyclic) bond motifs is 1. The molecule has 0 atom stereocenters. The van der Waals surface area contributed by atoms with Crippen molar-refractivity contribution in [2.24, 2.45) is 5.73 Å². The molecule has 0 bridgehead atoms. The predicted molar refractivity (Wildman–Crippen MR) is 121 cm³/mol. The van der Waals surface area contributed by atoms with E-state index in [1.54, 1.807) is 31.6 Å². The van der Waals surface area contributed by atoms with Crippen molar-refractivity contribution in [1.82, 2.24) is 19.7 Å². The summed E-state index contributed by atoms with van der Waals surface area (Å²) in [5.74, 6) is 1.05. The zero-order valence-corrected chi connectivity index (χ0v) is 17.6. The summed E-state index contributed by atoms with van der Waals surface area (Å²) in [5, 5.41) is 6.53. The van der Waals surface area contributed by atoms with Gasteiger partial charge in [-0.1, -0.05) is 11.6 Å². The second-order valence-electron chi connectivity index (χ2n) is 6.71. The van der Waals surface area contributed by atoms with Crippen molar-refractivity contribution < 1.29 is 9.53 Å². The number of nitrogens with two attached hydrogens (primary N) is 1. The summed E-state index contributed by atoms with van der Waals surface area (Å²) >= 11 is 6.29. The summed E-state index contributed by atoms with van der Waals surface area (Å²) in [6.45, 7) is 0.836. The van der Waals surface area contributed by atoms with Gasteiger partial charge in [0.2, 0.25) is 0 Å². The van der Waals surface area contributed by atoms with E-state index in [1.807, 2.05) is 40.9 Å². The second kappa shape index (κ2) is 9.03. The molecule has 0 saturated carbocycles. The van der Waals surface area contributed by atoms with Crippen molar-refractivity contribution >= 4 is 34.7 Å². The van der Waals surface area contributed by atoms with Crippen molar-refractivity contribution in [2.75, 3.05) is 25.5 Å². The third-order valence-electron chi connectivity index (χ3n) is 4.72. The Labute approximate surface area is 184 Å². The van der Waals surface area contributed by atoms with E-state index < -0.39 is 0 Å². The van der Waals surface area contributed by atoms with Gasteiger partial charge in [-0.05, 0) is 42.5 Å². The summed E-state index contributed by atoms with van der Waals surface area (Å²) in [7, 11) is 1.58. The Morgan fingerprint density at radius 2 is 2.00 bits per heavy atom. The molecular formula is C22H21ClN6O2. The van der Waals surface area contributed by atoms with Crippen LogP contribution >= 0.6 is 11.6 Å². The van der Waals surface area contributed by atoms with E-state index in [0.29, 0.717) is 40.9 Å². The molecule has 8 nitrogen and oxygen atoms in total. The summed E-state index contributed by atoms with van der Waals surface area (Å²) in [6.07, 6.45) is 5.30. The molecule has 4 N–H and O–H groups in total. The Bertz CT molecular complexity index is 1220. The van der Waals surface area contributed by atoms with Crippen LogP contribution in [-0.4, -0.2) is 40.5 Å². The quantitative estimate of drug-likeness (QED) is 0.409. The highest BCUT2D eigenvalue weighted by Gasteiger charge is 2.12. The van der Waals surface area contributed by atoms with E-state index in [9.17, 15) is 4.79 Å². The van der Waals surface area contributed by atoms with Crippen molar-refractivity contribution in [1.29, 1.82) is 0 Å². The minimum atomic E-state index is -0.159. The van der Waals surface area contributed by atoms with Crippen LogP contribution < -0.4 is 21.1 Å². The fraction of sp³-hybridized carbons (Fsp3) is 0.136. The van der Waals surface area contributed by atoms with Crippen LogP contribution in [-0.2, 0) is 0 Å². The number of benzene rings is 2. The number of halogens is 1. The number of nitrogens with zero attached hydrogens (tertiary/aromatic N) is 3. The highest BCUT2D eigenvalue weighted by molar-refractivity contribution is 6.32. The fourth-order valence-corrected chi connectivity index (χ4v) is 3.43. The third-order valence-corrected chi connectivity index (χ3v) is 5.01. The number of carbonyl (C=O) groups excluding carboxylic acids is 1. The summed E-state index contributed by atoms with van der Waals surface area (Å²) in [6, 6.07) is 12.7. The monoisotopic (exact) mass is 436 g/mol. The topological polar surface area (TPSA) is 107 Å². The lowest BCUT2D eigenvalue weighted by atomic mass is 10.1. The third kappa shape index (κ3) is 4.30. The predicted octanol–water partition coefficient (Wildman–Crippen LogP) is 3.49. The number of imidazole rings is 1. The van der Waals surface area contributed by atoms with Crippen molar-refractivity contribution in [3.8, 4) is 17.0 Å². The van der Waals surface area contributed by atoms with E-state index in [2.05, 4.69) is 20.6 Å². The highest BCUT2D eigenvalue weighted by atomic mass is 35.5. The van der Waals surface area contributed by atoms with E-state index in [-0.39, 0.29) is 5.91 Å². The van der Waals surface area contributed by atoms with E-state index >= 15 is 0 Å². The van der Waals surface area contributed by atoms with Gasteiger partial charge in [0, 0.05) is 42.3 Å². The molecule has 0 spiro atoms. The van der Waals surface area contributed by atoms with Gasteiger partial charge >= 0.3 is 0 Å². The van der Waals surface area contributed by atoms with Crippen LogP contribution in [0.3, 0.4) is 0 Å². The Kier molecular flexibility index (Phi) is 6.01. The Balaban J connectivity index is 1.60. The first kappa shape index (κ1) is 20.6. The van der Waals surface area contributed by atoms with Crippen LogP contribution in [0.4, 0.5) is 11.5 Å². The number of methoxy groups -OCH3 is 1. The number of anilines is 2. The number of aromatic nitrogens is 3. The molecule has 0 aliphatic heterocycles. The van der Waals surface area contributed by atoms with E-state index in [0.717, 1.165) is 16.9 Å². The van der Waals surface area contributed by atoms with Crippen LogP contribution in [0.5, 0.6) is 5.75 Å². The molecule has 31 heavy (non-hydrogen) atoms. The average Bonchev–Trinajstić information content (AvgIpc) is 3.23. The van der Waals surface area contributed by atoms with Gasteiger partial charge in [0.1, 0.15) is 5.75 Å². The first-order valence-electron chi connectivity index (χ1n) is 9.62. The van der Waals surface area contributed by atoms with Gasteiger partial charge in [0.25, 0.3) is 5.91 Å². The molecule has 0 aliphatic carbocycles. The molecule has 0 unspecified atom stereocenters. The molecular weight excluding hydrogens is 416 g/mol. The molecule has 1 amide bonds. The van der Waals surface area contributed by atoms with Gasteiger partial charge in [-0.3, -0.25) is 9.20 Å². The molecule has 0 saturated heterocycles. The maximum Gasteiger partial charge on any atom is 0.251 e. The summed E-state index contributed by atoms with van der Waals surface area (Å²) < 4.78 is 7.16. The minimum Gasteiger partial charge on any atom is -0.495 e. The molecule has 9 heteroatoms. The van der Waals surface area contributed by atoms with Crippen LogP contribution in [0.1, 0.15) is 10.4 Å². The molecule has 2 aromatic heterocycles. The molecule has 0 radical (unpaired) electrons. The lowest BCUT2D eigenvalue weighted by Gasteiger charge is -2.09. The highest BCUT2D eigenvalue weighted by Crippen LogP contribution is 2.31. The van der Waals surface area contributed by atoms with Crippen LogP contribution in [0.15, 0.2) is 61.1 Å². The lowest BCUT2D eigenvalue weighted by molar-refractivity contribution is 0.0955. The molecule has 4 aromatic rings. The molecule has 0 aliphatic rings. The molecule has 4 rings (SSSR count). The zero-order valence-electron chi connectivity index (χ0n) is 16.8. The van der Waals surface area contributed by atoms with Crippen molar-refractivity contribution in [3.63, 3.8) is 0 Å². The zero-order chi connectivity index (χ0) is 21.8. The van der Waals surface area contributed by atoms with Gasteiger partial charge in [0.15, 0.2) is 11.5 Å². The first-order valence-corrected chi connectivity index (χ1v) is 10.00. The maximum absolute atomic E-state index is 12.0. The number of amides is 1. The Morgan fingerprint density at radius 3 is 2.71 bits per heavy atom. The molecule has 2 aromatic carbocycles. The SMILES string of the molecule is COc1ccc(-c2cnc3c(Nc4ccc(C(=O)NCCN)cc4)nccn23)cc1Cl. The Hall–Kier alpha value is -3.62. The van der Waals surface area contributed by atoms with Gasteiger partial charge in [-0.25, -0.2) is 9.97 Å². The largest absolute Gasteiger partial charge is 0.495 e. The van der Waals surface area contributed by atoms with Gasteiger partial charge in [-0.15, -0.1) is 0 Å². The summed E-state index contributed by atoms with van der Waals surface area (Å²) in [5.41, 5.74) is 9.20. The molecule has 0 fully saturated rings. The van der Waals surface area contributed by atoms with Gasteiger partial charge in [-0.2, -0.15) is 0 Å². The van der Waals surface area contributed by atoms with Crippen LogP contribution in [0.2, 0.25) is 5.02 Å². The maximum atomic E-state index is 12.0. The summed E-state index contributed by atoms with van der Waals surface area (Å²) in [4.78, 5) is 21.0. The number of hydrogen-bond acceptors (Lipinski definition) is 6. The first-order chi connectivity index (χ1) is 15.1. The van der Waals surface area contributed by atoms with Crippen LogP contribution in [0, 0.1) is 0 Å². The Morgan fingerprint density at radius 1 is 1.19 bits per heavy atom. The van der Waals surface area contributed by atoms with Gasteiger partial charge < -0.3 is 21.1 Å². The van der Waals surface area contributed by atoms with E-state index in [1.165, 1.54) is 0 Å². The lowest BCUT2D eigenvalue weighted by Crippen LogP contribution is -2.28. The smallest absolute Gasteiger partial charge is 0.251 e. The number of nitrogens with one attached hydrogen (secondary N) is 2.